The molecule has 2 N–H and O–H groups in total. The summed E-state index contributed by atoms with van der Waals surface area (Å²) in [6.07, 6.45) is 5.36. The van der Waals surface area contributed by atoms with Gasteiger partial charge in [-0.2, -0.15) is 5.10 Å². The molecule has 0 unspecified atom stereocenters. The molecular weight excluding hydrogens is 364 g/mol. The third-order valence-electron chi connectivity index (χ3n) is 4.70. The number of carbonyl (C=O) groups is 2. The summed E-state index contributed by atoms with van der Waals surface area (Å²) >= 11 is 1.38. The minimum atomic E-state index is -0.793. The van der Waals surface area contributed by atoms with Crippen LogP contribution in [0.1, 0.15) is 29.8 Å². The van der Waals surface area contributed by atoms with Gasteiger partial charge in [-0.3, -0.25) is 9.59 Å². The quantitative estimate of drug-likeness (QED) is 0.707. The average Bonchev–Trinajstić information content (AvgIpc) is 3.42. The maximum Gasteiger partial charge on any atom is 0.306 e. The standard InChI is InChI=1S/C19H18N4O3S/c24-17(21-14-7-6-12(8-14)19(25)26)16-11-27-18(22-16)13-9-20-23(10-13)15-4-2-1-3-5-15/h1-5,9-12,14H,6-8H2,(H,21,24)(H,25,26)/t12-,14+/m1/s1. The van der Waals surface area contributed by atoms with Crippen LogP contribution in [0.25, 0.3) is 16.3 Å². The number of hydrogen-bond donors (Lipinski definition) is 2. The molecule has 3 aromatic rings. The van der Waals surface area contributed by atoms with Crippen LogP contribution in [-0.2, 0) is 4.79 Å². The molecule has 0 spiro atoms. The fourth-order valence-corrected chi connectivity index (χ4v) is 4.04. The number of thiazole rings is 1. The summed E-state index contributed by atoms with van der Waals surface area (Å²) in [5.41, 5.74) is 2.14. The smallest absolute Gasteiger partial charge is 0.306 e. The summed E-state index contributed by atoms with van der Waals surface area (Å²) in [4.78, 5) is 27.9. The summed E-state index contributed by atoms with van der Waals surface area (Å²) in [5, 5.41) is 18.7. The van der Waals surface area contributed by atoms with Crippen LogP contribution in [0, 0.1) is 5.92 Å². The molecule has 4 rings (SSSR count). The third kappa shape index (κ3) is 3.75. The molecule has 2 heterocycles. The largest absolute Gasteiger partial charge is 0.481 e. The number of aromatic nitrogens is 3. The Hall–Kier alpha value is -3.00. The molecule has 1 aromatic carbocycles. The van der Waals surface area contributed by atoms with E-state index in [9.17, 15) is 9.59 Å². The van der Waals surface area contributed by atoms with Crippen molar-refractivity contribution >= 4 is 23.2 Å². The second-order valence-electron chi connectivity index (χ2n) is 6.57. The molecule has 7 nitrogen and oxygen atoms in total. The van der Waals surface area contributed by atoms with E-state index in [1.807, 2.05) is 36.5 Å². The minimum Gasteiger partial charge on any atom is -0.481 e. The van der Waals surface area contributed by atoms with Crippen LogP contribution in [-0.4, -0.2) is 37.8 Å². The fraction of sp³-hybridized carbons (Fsp3) is 0.263. The molecule has 8 heteroatoms. The molecule has 2 atom stereocenters. The first-order valence-electron chi connectivity index (χ1n) is 8.70. The van der Waals surface area contributed by atoms with Gasteiger partial charge in [0, 0.05) is 23.2 Å². The number of carboxylic acids is 1. The monoisotopic (exact) mass is 382 g/mol. The van der Waals surface area contributed by atoms with Crippen molar-refractivity contribution in [1.29, 1.82) is 0 Å². The van der Waals surface area contributed by atoms with E-state index in [0.717, 1.165) is 16.3 Å². The zero-order valence-corrected chi connectivity index (χ0v) is 15.2. The van der Waals surface area contributed by atoms with Gasteiger partial charge in [0.2, 0.25) is 0 Å². The SMILES string of the molecule is O=C(N[C@H]1CC[C@@H](C(=O)O)C1)c1csc(-c2cnn(-c3ccccc3)c2)n1. The Balaban J connectivity index is 1.44. The Labute approximate surface area is 159 Å². The molecule has 0 aliphatic heterocycles. The summed E-state index contributed by atoms with van der Waals surface area (Å²) in [7, 11) is 0. The lowest BCUT2D eigenvalue weighted by Gasteiger charge is -2.10. The van der Waals surface area contributed by atoms with Crippen LogP contribution < -0.4 is 5.32 Å². The lowest BCUT2D eigenvalue weighted by molar-refractivity contribution is -0.141. The molecule has 0 radical (unpaired) electrons. The molecular formula is C19H18N4O3S. The van der Waals surface area contributed by atoms with Crippen LogP contribution in [0.5, 0.6) is 0 Å². The van der Waals surface area contributed by atoms with E-state index in [1.54, 1.807) is 16.3 Å². The van der Waals surface area contributed by atoms with Crippen molar-refractivity contribution in [1.82, 2.24) is 20.1 Å². The molecule has 138 valence electrons. The topological polar surface area (TPSA) is 97.1 Å². The van der Waals surface area contributed by atoms with Crippen LogP contribution in [0.4, 0.5) is 0 Å². The highest BCUT2D eigenvalue weighted by Crippen LogP contribution is 2.27. The minimum absolute atomic E-state index is 0.107. The lowest BCUT2D eigenvalue weighted by Crippen LogP contribution is -2.33. The predicted molar refractivity (Wildman–Crippen MR) is 101 cm³/mol. The van der Waals surface area contributed by atoms with Gasteiger partial charge < -0.3 is 10.4 Å². The van der Waals surface area contributed by atoms with Gasteiger partial charge in [-0.15, -0.1) is 11.3 Å². The lowest BCUT2D eigenvalue weighted by atomic mass is 10.1. The molecule has 1 amide bonds. The maximum absolute atomic E-state index is 12.4. The molecule has 1 aliphatic carbocycles. The number of nitrogens with one attached hydrogen (secondary N) is 1. The van der Waals surface area contributed by atoms with Crippen molar-refractivity contribution in [3.8, 4) is 16.3 Å². The first-order chi connectivity index (χ1) is 13.1. The van der Waals surface area contributed by atoms with E-state index in [1.165, 1.54) is 11.3 Å². The second kappa shape index (κ2) is 7.32. The van der Waals surface area contributed by atoms with Gasteiger partial charge in [0.25, 0.3) is 5.91 Å². The Morgan fingerprint density at radius 1 is 1.22 bits per heavy atom. The van der Waals surface area contributed by atoms with Gasteiger partial charge in [0.05, 0.1) is 17.8 Å². The normalized spacial score (nSPS) is 19.1. The van der Waals surface area contributed by atoms with Gasteiger partial charge in [-0.25, -0.2) is 9.67 Å². The summed E-state index contributed by atoms with van der Waals surface area (Å²) in [5.74, 6) is -1.42. The molecule has 0 saturated heterocycles. The number of aliphatic carboxylic acids is 1. The molecule has 27 heavy (non-hydrogen) atoms. The third-order valence-corrected chi connectivity index (χ3v) is 5.60. The molecule has 1 aliphatic rings. The van der Waals surface area contributed by atoms with Gasteiger partial charge in [-0.1, -0.05) is 18.2 Å². The first kappa shape index (κ1) is 17.4. The van der Waals surface area contributed by atoms with Crippen LogP contribution >= 0.6 is 11.3 Å². The van der Waals surface area contributed by atoms with Crippen molar-refractivity contribution in [3.05, 3.63) is 53.8 Å². The number of amides is 1. The van der Waals surface area contributed by atoms with E-state index in [-0.39, 0.29) is 17.9 Å². The number of carboxylic acid groups (broad SMARTS) is 1. The maximum atomic E-state index is 12.4. The highest BCUT2D eigenvalue weighted by molar-refractivity contribution is 7.13. The highest BCUT2D eigenvalue weighted by Gasteiger charge is 2.31. The van der Waals surface area contributed by atoms with Crippen LogP contribution in [0.2, 0.25) is 0 Å². The van der Waals surface area contributed by atoms with E-state index < -0.39 is 5.97 Å². The van der Waals surface area contributed by atoms with Gasteiger partial charge in [-0.05, 0) is 31.4 Å². The molecule has 2 aromatic heterocycles. The van der Waals surface area contributed by atoms with Crippen LogP contribution in [0.3, 0.4) is 0 Å². The predicted octanol–water partition coefficient (Wildman–Crippen LogP) is 2.98. The zero-order chi connectivity index (χ0) is 18.8. The van der Waals surface area contributed by atoms with E-state index >= 15 is 0 Å². The molecule has 1 saturated carbocycles. The molecule has 0 bridgehead atoms. The average molecular weight is 382 g/mol. The van der Waals surface area contributed by atoms with Crippen LogP contribution in [0.15, 0.2) is 48.1 Å². The number of nitrogens with zero attached hydrogens (tertiary/aromatic N) is 3. The van der Waals surface area contributed by atoms with E-state index in [2.05, 4.69) is 15.4 Å². The van der Waals surface area contributed by atoms with Crippen molar-refractivity contribution in [2.45, 2.75) is 25.3 Å². The van der Waals surface area contributed by atoms with Crippen molar-refractivity contribution in [2.75, 3.05) is 0 Å². The number of benzene rings is 1. The van der Waals surface area contributed by atoms with Gasteiger partial charge in [0.15, 0.2) is 0 Å². The Kier molecular flexibility index (Phi) is 4.72. The number of carbonyl (C=O) groups excluding carboxylic acids is 1. The Bertz CT molecular complexity index is 966. The summed E-state index contributed by atoms with van der Waals surface area (Å²) in [6.45, 7) is 0. The van der Waals surface area contributed by atoms with Gasteiger partial charge in [0.1, 0.15) is 10.7 Å². The number of hydrogen-bond acceptors (Lipinski definition) is 5. The van der Waals surface area contributed by atoms with Crippen molar-refractivity contribution in [3.63, 3.8) is 0 Å². The van der Waals surface area contributed by atoms with E-state index in [0.29, 0.717) is 25.0 Å². The fourth-order valence-electron chi connectivity index (χ4n) is 3.26. The molecule has 1 fully saturated rings. The second-order valence-corrected chi connectivity index (χ2v) is 7.42. The van der Waals surface area contributed by atoms with Gasteiger partial charge >= 0.3 is 5.97 Å². The van der Waals surface area contributed by atoms with Crippen molar-refractivity contribution < 1.29 is 14.7 Å². The Morgan fingerprint density at radius 2 is 2.04 bits per heavy atom. The number of para-hydroxylation sites is 1. The Morgan fingerprint density at radius 3 is 2.78 bits per heavy atom. The zero-order valence-electron chi connectivity index (χ0n) is 14.4. The van der Waals surface area contributed by atoms with E-state index in [4.69, 9.17) is 5.11 Å². The summed E-state index contributed by atoms with van der Waals surface area (Å²) < 4.78 is 1.76. The number of rotatable bonds is 5. The first-order valence-corrected chi connectivity index (χ1v) is 9.58. The highest BCUT2D eigenvalue weighted by atomic mass is 32.1. The van der Waals surface area contributed by atoms with Crippen molar-refractivity contribution in [2.24, 2.45) is 5.92 Å². The summed E-state index contributed by atoms with van der Waals surface area (Å²) in [6, 6.07) is 9.65.